The van der Waals surface area contributed by atoms with E-state index in [1.165, 1.54) is 18.2 Å². The van der Waals surface area contributed by atoms with Crippen molar-refractivity contribution in [3.05, 3.63) is 17.2 Å². The van der Waals surface area contributed by atoms with E-state index in [0.29, 0.717) is 5.17 Å². The summed E-state index contributed by atoms with van der Waals surface area (Å²) in [5, 5.41) is 1.54. The first-order valence-electron chi connectivity index (χ1n) is 3.99. The van der Waals surface area contributed by atoms with Gasteiger partial charge in [-0.25, -0.2) is 4.98 Å². The summed E-state index contributed by atoms with van der Waals surface area (Å²) in [5.41, 5.74) is 6.47. The van der Waals surface area contributed by atoms with Crippen LogP contribution >= 0.6 is 11.8 Å². The number of nitrogens with zero attached hydrogens (tertiary/aromatic N) is 2. The molecule has 0 aromatic carbocycles. The highest BCUT2D eigenvalue weighted by atomic mass is 32.2. The first kappa shape index (κ1) is 7.20. The quantitative estimate of drug-likeness (QED) is 0.597. The molecule has 0 radical (unpaired) electrons. The number of oxazole rings is 1. The highest BCUT2D eigenvalue weighted by Crippen LogP contribution is 2.32. The SMILES string of the molecule is NC1=N[C@H]2CC=c3ncoc3=C2S1. The number of aliphatic imine (C=N–C) groups is 1. The van der Waals surface area contributed by atoms with Crippen LogP contribution in [-0.2, 0) is 0 Å². The maximum Gasteiger partial charge on any atom is 0.182 e. The van der Waals surface area contributed by atoms with Gasteiger partial charge in [-0.2, -0.15) is 0 Å². The van der Waals surface area contributed by atoms with Crippen LogP contribution in [-0.4, -0.2) is 16.2 Å². The molecule has 2 heterocycles. The number of aromatic nitrogens is 1. The topological polar surface area (TPSA) is 64.4 Å². The molecule has 5 heteroatoms. The Bertz CT molecular complexity index is 502. The molecule has 13 heavy (non-hydrogen) atoms. The number of amidine groups is 1. The summed E-state index contributed by atoms with van der Waals surface area (Å²) >= 11 is 1.49. The molecule has 0 fully saturated rings. The van der Waals surface area contributed by atoms with Crippen LogP contribution in [0.3, 0.4) is 0 Å². The standard InChI is InChI=1S/C8H7N3OS/c9-8-11-5-2-1-4-6(7(5)13-8)12-3-10-4/h1,3,5H,2H2,(H2,9,11)/t5-/m0/s1. The van der Waals surface area contributed by atoms with Gasteiger partial charge in [0.05, 0.1) is 10.9 Å². The van der Waals surface area contributed by atoms with E-state index in [1.807, 2.05) is 6.08 Å². The van der Waals surface area contributed by atoms with Crippen LogP contribution in [0, 0.1) is 0 Å². The van der Waals surface area contributed by atoms with Gasteiger partial charge in [0.15, 0.2) is 17.0 Å². The Morgan fingerprint density at radius 2 is 2.54 bits per heavy atom. The molecule has 0 bridgehead atoms. The zero-order valence-electron chi connectivity index (χ0n) is 6.73. The largest absolute Gasteiger partial charge is 0.443 e. The summed E-state index contributed by atoms with van der Waals surface area (Å²) < 4.78 is 5.29. The van der Waals surface area contributed by atoms with Gasteiger partial charge in [0, 0.05) is 0 Å². The van der Waals surface area contributed by atoms with Crippen molar-refractivity contribution in [2.45, 2.75) is 12.5 Å². The Morgan fingerprint density at radius 1 is 1.62 bits per heavy atom. The minimum atomic E-state index is 0.172. The molecule has 1 aliphatic carbocycles. The minimum Gasteiger partial charge on any atom is -0.443 e. The molecule has 1 aliphatic heterocycles. The van der Waals surface area contributed by atoms with Gasteiger partial charge in [-0.3, -0.25) is 4.99 Å². The van der Waals surface area contributed by atoms with Gasteiger partial charge in [0.25, 0.3) is 0 Å². The number of hydrogen-bond donors (Lipinski definition) is 1. The molecule has 3 rings (SSSR count). The van der Waals surface area contributed by atoms with E-state index >= 15 is 0 Å². The molecule has 4 nitrogen and oxygen atoms in total. The minimum absolute atomic E-state index is 0.172. The molecule has 0 unspecified atom stereocenters. The summed E-state index contributed by atoms with van der Waals surface area (Å²) in [6.45, 7) is 0. The van der Waals surface area contributed by atoms with E-state index in [-0.39, 0.29) is 6.04 Å². The van der Waals surface area contributed by atoms with Crippen molar-refractivity contribution in [3.8, 4) is 0 Å². The van der Waals surface area contributed by atoms with Gasteiger partial charge in [0.2, 0.25) is 0 Å². The van der Waals surface area contributed by atoms with Crippen LogP contribution in [0.4, 0.5) is 0 Å². The molecular formula is C8H7N3OS. The van der Waals surface area contributed by atoms with Crippen LogP contribution in [0.5, 0.6) is 0 Å². The first-order chi connectivity index (χ1) is 6.34. The fourth-order valence-electron chi connectivity index (χ4n) is 1.58. The highest BCUT2D eigenvalue weighted by molar-refractivity contribution is 8.21. The molecular weight excluding hydrogens is 186 g/mol. The van der Waals surface area contributed by atoms with Gasteiger partial charge in [-0.1, -0.05) is 17.8 Å². The lowest BCUT2D eigenvalue weighted by atomic mass is 10.1. The Hall–Kier alpha value is -1.23. The lowest BCUT2D eigenvalue weighted by Crippen LogP contribution is -2.30. The van der Waals surface area contributed by atoms with Crippen LogP contribution in [0.2, 0.25) is 0 Å². The number of fused-ring (bicyclic) bond motifs is 2. The fourth-order valence-corrected chi connectivity index (χ4v) is 2.52. The molecule has 0 saturated carbocycles. The van der Waals surface area contributed by atoms with Gasteiger partial charge >= 0.3 is 0 Å². The van der Waals surface area contributed by atoms with Crippen molar-refractivity contribution in [2.24, 2.45) is 10.7 Å². The Kier molecular flexibility index (Phi) is 1.32. The molecule has 1 atom stereocenters. The molecule has 2 aliphatic rings. The van der Waals surface area contributed by atoms with Gasteiger partial charge in [-0.05, 0) is 6.42 Å². The average molecular weight is 193 g/mol. The first-order valence-corrected chi connectivity index (χ1v) is 4.81. The molecule has 1 aromatic heterocycles. The highest BCUT2D eigenvalue weighted by Gasteiger charge is 2.26. The lowest BCUT2D eigenvalue weighted by molar-refractivity contribution is 0.519. The van der Waals surface area contributed by atoms with E-state index in [2.05, 4.69) is 9.98 Å². The number of rotatable bonds is 0. The zero-order valence-corrected chi connectivity index (χ0v) is 7.54. The molecule has 1 aromatic rings. The molecule has 0 saturated heterocycles. The Balaban J connectivity index is 2.32. The molecule has 0 spiro atoms. The van der Waals surface area contributed by atoms with Crippen LogP contribution in [0.1, 0.15) is 6.42 Å². The summed E-state index contributed by atoms with van der Waals surface area (Å²) in [7, 11) is 0. The molecule has 66 valence electrons. The normalized spacial score (nSPS) is 24.8. The number of nitrogens with two attached hydrogens (primary N) is 1. The van der Waals surface area contributed by atoms with Crippen LogP contribution in [0.15, 0.2) is 15.8 Å². The second-order valence-electron chi connectivity index (χ2n) is 2.96. The monoisotopic (exact) mass is 193 g/mol. The average Bonchev–Trinajstić information content (AvgIpc) is 2.65. The second-order valence-corrected chi connectivity index (χ2v) is 4.02. The third kappa shape index (κ3) is 0.935. The third-order valence-corrected chi connectivity index (χ3v) is 3.15. The maximum absolute atomic E-state index is 5.64. The van der Waals surface area contributed by atoms with Gasteiger partial charge < -0.3 is 10.2 Å². The van der Waals surface area contributed by atoms with Gasteiger partial charge in [0.1, 0.15) is 5.35 Å². The van der Waals surface area contributed by atoms with Crippen molar-refractivity contribution in [1.82, 2.24) is 4.98 Å². The van der Waals surface area contributed by atoms with E-state index in [1.54, 1.807) is 0 Å². The predicted molar refractivity (Wildman–Crippen MR) is 51.2 cm³/mol. The van der Waals surface area contributed by atoms with Crippen molar-refractivity contribution in [3.63, 3.8) is 0 Å². The molecule has 0 amide bonds. The maximum atomic E-state index is 5.64. The fraction of sp³-hybridized carbons (Fsp3) is 0.250. The Morgan fingerprint density at radius 3 is 3.46 bits per heavy atom. The lowest BCUT2D eigenvalue weighted by Gasteiger charge is -2.06. The van der Waals surface area contributed by atoms with E-state index in [9.17, 15) is 0 Å². The van der Waals surface area contributed by atoms with E-state index in [0.717, 1.165) is 22.1 Å². The number of hydrogen-bond acceptors (Lipinski definition) is 5. The second kappa shape index (κ2) is 2.38. The van der Waals surface area contributed by atoms with Crippen molar-refractivity contribution < 1.29 is 4.42 Å². The summed E-state index contributed by atoms with van der Waals surface area (Å²) in [6, 6.07) is 0.172. The van der Waals surface area contributed by atoms with Crippen LogP contribution < -0.4 is 16.5 Å². The zero-order chi connectivity index (χ0) is 8.84. The molecule has 2 N–H and O–H groups in total. The van der Waals surface area contributed by atoms with Crippen LogP contribution in [0.25, 0.3) is 11.0 Å². The third-order valence-electron chi connectivity index (χ3n) is 2.15. The van der Waals surface area contributed by atoms with Gasteiger partial charge in [-0.15, -0.1) is 0 Å². The van der Waals surface area contributed by atoms with E-state index in [4.69, 9.17) is 10.2 Å². The predicted octanol–water partition coefficient (Wildman–Crippen LogP) is -0.603. The summed E-state index contributed by atoms with van der Waals surface area (Å²) in [5.74, 6) is 0. The summed E-state index contributed by atoms with van der Waals surface area (Å²) in [6.07, 6.45) is 4.38. The van der Waals surface area contributed by atoms with Crippen molar-refractivity contribution in [1.29, 1.82) is 0 Å². The summed E-state index contributed by atoms with van der Waals surface area (Å²) in [4.78, 5) is 9.49. The van der Waals surface area contributed by atoms with E-state index < -0.39 is 0 Å². The Labute approximate surface area is 78.2 Å². The van der Waals surface area contributed by atoms with Crippen molar-refractivity contribution >= 4 is 27.9 Å². The van der Waals surface area contributed by atoms with Crippen molar-refractivity contribution in [2.75, 3.05) is 0 Å². The smallest absolute Gasteiger partial charge is 0.182 e. The number of thioether (sulfide) groups is 1.